The molecule has 0 fully saturated rings. The molecule has 3 aromatic rings. The number of methoxy groups -OCH3 is 2. The van der Waals surface area contributed by atoms with Crippen LogP contribution in [0.5, 0.6) is 17.2 Å². The zero-order chi connectivity index (χ0) is 31.3. The smallest absolute Gasteiger partial charge is 0.415 e. The lowest BCUT2D eigenvalue weighted by Gasteiger charge is -2.40. The number of carbonyl (C=O) groups is 2. The molecule has 10 nitrogen and oxygen atoms in total. The first-order chi connectivity index (χ1) is 20.5. The third-order valence-electron chi connectivity index (χ3n) is 7.59. The molecule has 0 spiro atoms. The molecular weight excluding hydrogens is 546 g/mol. The second-order valence-electron chi connectivity index (χ2n) is 11.3. The van der Waals surface area contributed by atoms with Crippen LogP contribution in [-0.4, -0.2) is 82.3 Å². The summed E-state index contributed by atoms with van der Waals surface area (Å²) in [6, 6.07) is 17.1. The molecule has 0 unspecified atom stereocenters. The number of carbonyl (C=O) groups excluding carboxylic acids is 2. The van der Waals surface area contributed by atoms with Crippen LogP contribution in [0.2, 0.25) is 0 Å². The molecule has 2 N–H and O–H groups in total. The monoisotopic (exact) mass is 589 g/mol. The van der Waals surface area contributed by atoms with E-state index < -0.39 is 11.6 Å². The van der Waals surface area contributed by atoms with Crippen molar-refractivity contribution in [3.8, 4) is 28.4 Å². The van der Waals surface area contributed by atoms with Gasteiger partial charge in [0.25, 0.3) is 5.91 Å². The molecule has 3 aromatic carbocycles. The Labute approximate surface area is 254 Å². The first-order valence-corrected chi connectivity index (χ1v) is 14.4. The Morgan fingerprint density at radius 2 is 1.67 bits per heavy atom. The van der Waals surface area contributed by atoms with Gasteiger partial charge in [0.15, 0.2) is 0 Å². The Morgan fingerprint density at radius 3 is 2.35 bits per heavy atom. The Hall–Kier alpha value is -4.44. The van der Waals surface area contributed by atoms with E-state index in [9.17, 15) is 9.59 Å². The number of rotatable bonds is 11. The van der Waals surface area contributed by atoms with Crippen LogP contribution in [0.3, 0.4) is 0 Å². The van der Waals surface area contributed by atoms with Gasteiger partial charge in [-0.1, -0.05) is 18.2 Å². The maximum absolute atomic E-state index is 13.4. The fourth-order valence-electron chi connectivity index (χ4n) is 5.26. The molecule has 0 aromatic heterocycles. The summed E-state index contributed by atoms with van der Waals surface area (Å²) in [5.41, 5.74) is 4.28. The quantitative estimate of drug-likeness (QED) is 0.302. The number of likely N-dealkylation sites (N-methyl/N-ethyl adjacent to an activating group) is 3. The van der Waals surface area contributed by atoms with Gasteiger partial charge < -0.3 is 39.5 Å². The molecule has 0 atom stereocenters. The lowest BCUT2D eigenvalue weighted by Crippen LogP contribution is -2.52. The van der Waals surface area contributed by atoms with Crippen LogP contribution in [0.4, 0.5) is 21.9 Å². The number of nitrogens with one attached hydrogen (secondary N) is 2. The topological polar surface area (TPSA) is 95.6 Å². The highest BCUT2D eigenvalue weighted by Crippen LogP contribution is 2.45. The minimum atomic E-state index is -0.751. The number of nitrogens with zero attached hydrogens (tertiary/aromatic N) is 3. The molecule has 0 bridgehead atoms. The van der Waals surface area contributed by atoms with Crippen molar-refractivity contribution in [2.24, 2.45) is 0 Å². The summed E-state index contributed by atoms with van der Waals surface area (Å²) in [4.78, 5) is 31.7. The summed E-state index contributed by atoms with van der Waals surface area (Å²) in [7, 11) is 8.96. The average Bonchev–Trinajstić information content (AvgIpc) is 2.98. The number of amides is 2. The Bertz CT molecular complexity index is 1470. The SMILES string of the molecule is CCN(CCN(C)C)C(=O)Oc1ccc(-c2ccc3c(c2CNc2ccccc2OC)N(C)C(=O)C(C)(C)N3)c(OC)c1. The van der Waals surface area contributed by atoms with Gasteiger partial charge in [-0.05, 0) is 70.8 Å². The number of benzene rings is 3. The van der Waals surface area contributed by atoms with E-state index in [4.69, 9.17) is 14.2 Å². The number of ether oxygens (including phenoxy) is 3. The van der Waals surface area contributed by atoms with E-state index in [-0.39, 0.29) is 5.91 Å². The van der Waals surface area contributed by atoms with Crippen LogP contribution in [0.15, 0.2) is 54.6 Å². The highest BCUT2D eigenvalue weighted by Gasteiger charge is 2.38. The van der Waals surface area contributed by atoms with Gasteiger partial charge in [0, 0.05) is 50.4 Å². The van der Waals surface area contributed by atoms with Crippen LogP contribution in [0.1, 0.15) is 26.3 Å². The normalized spacial score (nSPS) is 13.7. The van der Waals surface area contributed by atoms with Crippen LogP contribution in [0, 0.1) is 0 Å². The van der Waals surface area contributed by atoms with Crippen molar-refractivity contribution >= 4 is 29.1 Å². The van der Waals surface area contributed by atoms with Crippen LogP contribution < -0.4 is 29.7 Å². The fraction of sp³-hybridized carbons (Fsp3) is 0.394. The fourth-order valence-corrected chi connectivity index (χ4v) is 5.26. The number of anilines is 3. The minimum absolute atomic E-state index is 0.0420. The first kappa shape index (κ1) is 31.5. The van der Waals surface area contributed by atoms with E-state index in [1.807, 2.05) is 82.2 Å². The van der Waals surface area contributed by atoms with Crippen molar-refractivity contribution in [1.82, 2.24) is 9.80 Å². The summed E-state index contributed by atoms with van der Waals surface area (Å²) >= 11 is 0. The molecule has 0 aliphatic carbocycles. The highest BCUT2D eigenvalue weighted by molar-refractivity contribution is 6.09. The molecule has 1 aliphatic heterocycles. The van der Waals surface area contributed by atoms with Crippen LogP contribution >= 0.6 is 0 Å². The highest BCUT2D eigenvalue weighted by atomic mass is 16.6. The van der Waals surface area contributed by atoms with Gasteiger partial charge in [-0.25, -0.2) is 4.79 Å². The summed E-state index contributed by atoms with van der Waals surface area (Å²) in [6.45, 7) is 7.91. The summed E-state index contributed by atoms with van der Waals surface area (Å²) in [5, 5.41) is 6.91. The van der Waals surface area contributed by atoms with E-state index in [0.717, 1.165) is 40.3 Å². The Balaban J connectivity index is 1.75. The zero-order valence-corrected chi connectivity index (χ0v) is 26.4. The van der Waals surface area contributed by atoms with Gasteiger partial charge in [0.1, 0.15) is 22.8 Å². The number of hydrogen-bond acceptors (Lipinski definition) is 8. The minimum Gasteiger partial charge on any atom is -0.496 e. The third kappa shape index (κ3) is 6.80. The zero-order valence-electron chi connectivity index (χ0n) is 26.4. The van der Waals surface area contributed by atoms with Gasteiger partial charge in [-0.3, -0.25) is 4.79 Å². The molecule has 0 saturated heterocycles. The van der Waals surface area contributed by atoms with Gasteiger partial charge in [-0.2, -0.15) is 0 Å². The van der Waals surface area contributed by atoms with Crippen molar-refractivity contribution < 1.29 is 23.8 Å². The van der Waals surface area contributed by atoms with Crippen molar-refractivity contribution in [2.75, 3.05) is 70.5 Å². The summed E-state index contributed by atoms with van der Waals surface area (Å²) < 4.78 is 17.1. The molecule has 10 heteroatoms. The van der Waals surface area contributed by atoms with Crippen molar-refractivity contribution in [3.05, 3.63) is 60.2 Å². The van der Waals surface area contributed by atoms with Gasteiger partial charge in [0.05, 0.1) is 31.3 Å². The van der Waals surface area contributed by atoms with Gasteiger partial charge in [-0.15, -0.1) is 0 Å². The molecule has 230 valence electrons. The second-order valence-corrected chi connectivity index (χ2v) is 11.3. The van der Waals surface area contributed by atoms with Crippen molar-refractivity contribution in [3.63, 3.8) is 0 Å². The molecule has 1 aliphatic rings. The van der Waals surface area contributed by atoms with Crippen LogP contribution in [-0.2, 0) is 11.3 Å². The lowest BCUT2D eigenvalue weighted by atomic mass is 9.91. The first-order valence-electron chi connectivity index (χ1n) is 14.4. The van der Waals surface area contributed by atoms with Crippen LogP contribution in [0.25, 0.3) is 11.1 Å². The maximum Gasteiger partial charge on any atom is 0.415 e. The van der Waals surface area contributed by atoms with E-state index >= 15 is 0 Å². The lowest BCUT2D eigenvalue weighted by molar-refractivity contribution is -0.121. The van der Waals surface area contributed by atoms with E-state index in [2.05, 4.69) is 10.6 Å². The third-order valence-corrected chi connectivity index (χ3v) is 7.59. The van der Waals surface area contributed by atoms with E-state index in [1.165, 1.54) is 0 Å². The average molecular weight is 590 g/mol. The largest absolute Gasteiger partial charge is 0.496 e. The molecule has 1 heterocycles. The van der Waals surface area contributed by atoms with Gasteiger partial charge >= 0.3 is 6.09 Å². The number of para-hydroxylation sites is 2. The Morgan fingerprint density at radius 1 is 0.977 bits per heavy atom. The standard InChI is InChI=1S/C33H43N5O5/c1-9-38(19-18-36(4)5)32(40)43-22-14-15-24(29(20-22)42-8)23-16-17-27-30(37(6)31(39)33(2,3)35-27)25(23)21-34-26-12-10-11-13-28(26)41-7/h10-17,20,34-35H,9,18-19,21H2,1-8H3. The predicted octanol–water partition coefficient (Wildman–Crippen LogP) is 5.53. The predicted molar refractivity (Wildman–Crippen MR) is 172 cm³/mol. The number of fused-ring (bicyclic) bond motifs is 1. The molecule has 4 rings (SSSR count). The Kier molecular flexibility index (Phi) is 9.70. The second kappa shape index (κ2) is 13.2. The molecular formula is C33H43N5O5. The molecule has 2 amide bonds. The summed E-state index contributed by atoms with van der Waals surface area (Å²) in [6.07, 6.45) is -0.413. The van der Waals surface area contributed by atoms with E-state index in [0.29, 0.717) is 36.9 Å². The maximum atomic E-state index is 13.4. The summed E-state index contributed by atoms with van der Waals surface area (Å²) in [5.74, 6) is 1.60. The van der Waals surface area contributed by atoms with E-state index in [1.54, 1.807) is 43.2 Å². The number of hydrogen-bond donors (Lipinski definition) is 2. The molecule has 43 heavy (non-hydrogen) atoms. The molecule has 0 saturated carbocycles. The van der Waals surface area contributed by atoms with Crippen molar-refractivity contribution in [2.45, 2.75) is 32.9 Å². The molecule has 0 radical (unpaired) electrons. The van der Waals surface area contributed by atoms with Crippen molar-refractivity contribution in [1.29, 1.82) is 0 Å². The van der Waals surface area contributed by atoms with Gasteiger partial charge in [0.2, 0.25) is 0 Å².